The quantitative estimate of drug-likeness (QED) is 0.400. The molecule has 1 aromatic heterocycles. The minimum absolute atomic E-state index is 0.0330. The molecule has 0 aliphatic heterocycles. The molecule has 11 heteroatoms. The predicted molar refractivity (Wildman–Crippen MR) is 113 cm³/mol. The fourth-order valence-corrected chi connectivity index (χ4v) is 3.49. The van der Waals surface area contributed by atoms with Gasteiger partial charge in [0.15, 0.2) is 11.2 Å². The van der Waals surface area contributed by atoms with E-state index in [1.165, 1.54) is 35.7 Å². The number of para-hydroxylation sites is 1. The zero-order valence-electron chi connectivity index (χ0n) is 16.4. The number of aromatic nitrogens is 1. The van der Waals surface area contributed by atoms with Crippen molar-refractivity contribution in [2.45, 2.75) is 25.2 Å². The SMILES string of the molecule is O=C(Nc1nc(CC(O)C(=O)O)cs1)c1ccc(CNc2ccccc2C(F)(F)F)cc1. The van der Waals surface area contributed by atoms with Crippen molar-refractivity contribution in [3.63, 3.8) is 0 Å². The number of aliphatic hydroxyl groups is 1. The number of hydrogen-bond acceptors (Lipinski definition) is 6. The van der Waals surface area contributed by atoms with Crippen LogP contribution in [0.1, 0.15) is 27.2 Å². The summed E-state index contributed by atoms with van der Waals surface area (Å²) < 4.78 is 39.2. The van der Waals surface area contributed by atoms with Crippen molar-refractivity contribution >= 4 is 34.0 Å². The largest absolute Gasteiger partial charge is 0.479 e. The lowest BCUT2D eigenvalue weighted by Gasteiger charge is -2.14. The lowest BCUT2D eigenvalue weighted by molar-refractivity contribution is -0.146. The highest BCUT2D eigenvalue weighted by Gasteiger charge is 2.33. The minimum atomic E-state index is -4.47. The molecule has 0 bridgehead atoms. The number of nitrogens with zero attached hydrogens (tertiary/aromatic N) is 1. The van der Waals surface area contributed by atoms with Crippen LogP contribution in [0.2, 0.25) is 0 Å². The first-order chi connectivity index (χ1) is 15.1. The van der Waals surface area contributed by atoms with Crippen LogP contribution in [0.3, 0.4) is 0 Å². The van der Waals surface area contributed by atoms with Crippen LogP contribution >= 0.6 is 11.3 Å². The highest BCUT2D eigenvalue weighted by atomic mass is 32.1. The van der Waals surface area contributed by atoms with Crippen LogP contribution in [-0.4, -0.2) is 33.2 Å². The molecule has 0 saturated carbocycles. The average molecular weight is 465 g/mol. The molecule has 1 atom stereocenters. The minimum Gasteiger partial charge on any atom is -0.479 e. The third-order valence-electron chi connectivity index (χ3n) is 4.39. The molecule has 3 rings (SSSR count). The Balaban J connectivity index is 1.59. The number of halogens is 3. The van der Waals surface area contributed by atoms with E-state index in [0.29, 0.717) is 16.8 Å². The van der Waals surface area contributed by atoms with Gasteiger partial charge in [-0.1, -0.05) is 24.3 Å². The fourth-order valence-electron chi connectivity index (χ4n) is 2.77. The molecule has 3 aromatic rings. The first kappa shape index (κ1) is 23.2. The lowest BCUT2D eigenvalue weighted by atomic mass is 10.1. The second-order valence-corrected chi connectivity index (χ2v) is 7.61. The zero-order chi connectivity index (χ0) is 23.3. The molecule has 7 nitrogen and oxygen atoms in total. The van der Waals surface area contributed by atoms with Crippen LogP contribution in [0.15, 0.2) is 53.9 Å². The number of carboxylic acid groups (broad SMARTS) is 1. The standard InChI is InChI=1S/C21H18F3N3O4S/c22-21(23,24)15-3-1-2-4-16(15)25-10-12-5-7-13(8-6-12)18(29)27-20-26-14(11-32-20)9-17(28)19(30)31/h1-8,11,17,25,28H,9-10H2,(H,30,31)(H,26,27,29). The van der Waals surface area contributed by atoms with E-state index in [4.69, 9.17) is 5.11 Å². The van der Waals surface area contributed by atoms with Crippen molar-refractivity contribution in [3.05, 3.63) is 76.3 Å². The number of nitrogens with one attached hydrogen (secondary N) is 2. The van der Waals surface area contributed by atoms with E-state index in [9.17, 15) is 27.9 Å². The molecule has 0 aliphatic carbocycles. The lowest BCUT2D eigenvalue weighted by Crippen LogP contribution is -2.22. The van der Waals surface area contributed by atoms with E-state index in [1.807, 2.05) is 0 Å². The highest BCUT2D eigenvalue weighted by molar-refractivity contribution is 7.14. The van der Waals surface area contributed by atoms with Crippen molar-refractivity contribution in [1.82, 2.24) is 4.98 Å². The van der Waals surface area contributed by atoms with E-state index in [0.717, 1.165) is 17.4 Å². The Labute approximate surface area is 184 Å². The van der Waals surface area contributed by atoms with Gasteiger partial charge in [-0.3, -0.25) is 10.1 Å². The van der Waals surface area contributed by atoms with E-state index in [1.54, 1.807) is 12.1 Å². The maximum absolute atomic E-state index is 13.1. The number of hydrogen-bond donors (Lipinski definition) is 4. The number of benzene rings is 2. The molecule has 1 unspecified atom stereocenters. The van der Waals surface area contributed by atoms with E-state index in [2.05, 4.69) is 15.6 Å². The number of rotatable bonds is 8. The van der Waals surface area contributed by atoms with Gasteiger partial charge in [0, 0.05) is 29.6 Å². The molecule has 2 aromatic carbocycles. The van der Waals surface area contributed by atoms with Gasteiger partial charge >= 0.3 is 12.1 Å². The van der Waals surface area contributed by atoms with Gasteiger partial charge in [-0.15, -0.1) is 11.3 Å². The molecule has 32 heavy (non-hydrogen) atoms. The molecule has 0 aliphatic rings. The normalized spacial score (nSPS) is 12.2. The van der Waals surface area contributed by atoms with Gasteiger partial charge in [-0.05, 0) is 29.8 Å². The van der Waals surface area contributed by atoms with E-state index in [-0.39, 0.29) is 23.8 Å². The molecule has 1 amide bonds. The number of thiazole rings is 1. The Bertz CT molecular complexity index is 1100. The molecule has 1 heterocycles. The number of carbonyl (C=O) groups is 2. The van der Waals surface area contributed by atoms with Crippen LogP contribution < -0.4 is 10.6 Å². The summed E-state index contributed by atoms with van der Waals surface area (Å²) in [5.41, 5.74) is 0.536. The van der Waals surface area contributed by atoms with Crippen molar-refractivity contribution in [1.29, 1.82) is 0 Å². The van der Waals surface area contributed by atoms with Gasteiger partial charge in [-0.2, -0.15) is 13.2 Å². The molecule has 0 spiro atoms. The summed E-state index contributed by atoms with van der Waals surface area (Å²) in [7, 11) is 0. The second kappa shape index (κ2) is 9.79. The summed E-state index contributed by atoms with van der Waals surface area (Å²) in [6, 6.07) is 11.5. The monoisotopic (exact) mass is 465 g/mol. The Morgan fingerprint density at radius 1 is 1.09 bits per heavy atom. The predicted octanol–water partition coefficient (Wildman–Crippen LogP) is 4.01. The van der Waals surface area contributed by atoms with Crippen LogP contribution in [0.25, 0.3) is 0 Å². The van der Waals surface area contributed by atoms with Crippen molar-refractivity contribution in [2.24, 2.45) is 0 Å². The summed E-state index contributed by atoms with van der Waals surface area (Å²) in [6.45, 7) is 0.136. The third-order valence-corrected chi connectivity index (χ3v) is 5.20. The fraction of sp³-hybridized carbons (Fsp3) is 0.190. The van der Waals surface area contributed by atoms with Crippen LogP contribution in [-0.2, 0) is 23.9 Å². The smallest absolute Gasteiger partial charge is 0.418 e. The topological polar surface area (TPSA) is 112 Å². The Kier molecular flexibility index (Phi) is 7.11. The van der Waals surface area contributed by atoms with Gasteiger partial charge < -0.3 is 15.5 Å². The Morgan fingerprint density at radius 2 is 1.78 bits per heavy atom. The summed E-state index contributed by atoms with van der Waals surface area (Å²) in [5.74, 6) is -1.81. The van der Waals surface area contributed by atoms with Gasteiger partial charge in [-0.25, -0.2) is 9.78 Å². The van der Waals surface area contributed by atoms with Gasteiger partial charge in [0.1, 0.15) is 0 Å². The van der Waals surface area contributed by atoms with Crippen molar-refractivity contribution in [3.8, 4) is 0 Å². The van der Waals surface area contributed by atoms with Crippen molar-refractivity contribution in [2.75, 3.05) is 10.6 Å². The summed E-state index contributed by atoms with van der Waals surface area (Å²) in [6.07, 6.45) is -6.22. The van der Waals surface area contributed by atoms with Crippen LogP contribution in [0.4, 0.5) is 24.0 Å². The zero-order valence-corrected chi connectivity index (χ0v) is 17.2. The molecular formula is C21H18F3N3O4S. The maximum atomic E-state index is 13.1. The molecule has 4 N–H and O–H groups in total. The number of amides is 1. The van der Waals surface area contributed by atoms with Crippen molar-refractivity contribution < 1.29 is 33.0 Å². The van der Waals surface area contributed by atoms with Gasteiger partial charge in [0.2, 0.25) is 0 Å². The van der Waals surface area contributed by atoms with Crippen LogP contribution in [0, 0.1) is 0 Å². The molecule has 0 radical (unpaired) electrons. The van der Waals surface area contributed by atoms with Gasteiger partial charge in [0.05, 0.1) is 11.3 Å². The average Bonchev–Trinajstić information content (AvgIpc) is 3.18. The summed E-state index contributed by atoms with van der Waals surface area (Å²) >= 11 is 1.09. The first-order valence-corrected chi connectivity index (χ1v) is 10.2. The summed E-state index contributed by atoms with van der Waals surface area (Å²) in [5, 5.41) is 25.2. The number of anilines is 2. The second-order valence-electron chi connectivity index (χ2n) is 6.75. The maximum Gasteiger partial charge on any atom is 0.418 e. The molecular weight excluding hydrogens is 447 g/mol. The number of aliphatic carboxylic acids is 1. The number of carboxylic acids is 1. The molecule has 0 fully saturated rings. The van der Waals surface area contributed by atoms with E-state index >= 15 is 0 Å². The molecule has 0 saturated heterocycles. The first-order valence-electron chi connectivity index (χ1n) is 9.29. The number of aliphatic hydroxyl groups excluding tert-OH is 1. The van der Waals surface area contributed by atoms with E-state index < -0.39 is 29.7 Å². The summed E-state index contributed by atoms with van der Waals surface area (Å²) in [4.78, 5) is 27.1. The number of carbonyl (C=O) groups excluding carboxylic acids is 1. The Hall–Kier alpha value is -3.44. The number of alkyl halides is 3. The van der Waals surface area contributed by atoms with Gasteiger partial charge in [0.25, 0.3) is 5.91 Å². The van der Waals surface area contributed by atoms with Crippen LogP contribution in [0.5, 0.6) is 0 Å². The Morgan fingerprint density at radius 3 is 2.44 bits per heavy atom. The molecule has 168 valence electrons. The highest BCUT2D eigenvalue weighted by Crippen LogP contribution is 2.34. The third kappa shape index (κ3) is 6.05.